The van der Waals surface area contributed by atoms with Gasteiger partial charge in [0.15, 0.2) is 0 Å². The monoisotopic (exact) mass is 334 g/mol. The lowest BCUT2D eigenvalue weighted by molar-refractivity contribution is 0.468. The van der Waals surface area contributed by atoms with Gasteiger partial charge in [0.1, 0.15) is 5.75 Å². The zero-order valence-electron chi connectivity index (χ0n) is 12.2. The predicted molar refractivity (Wildman–Crippen MR) is 91.0 cm³/mol. The topological polar surface area (TPSA) is 44.3 Å². The predicted octanol–water partition coefficient (Wildman–Crippen LogP) is 4.51. The second kappa shape index (κ2) is 5.84. The quantitative estimate of drug-likeness (QED) is 0.757. The molecule has 5 heteroatoms. The first kappa shape index (κ1) is 15.2. The van der Waals surface area contributed by atoms with E-state index in [0.717, 1.165) is 28.0 Å². The average Bonchev–Trinajstić information content (AvgIpc) is 2.92. The lowest BCUT2D eigenvalue weighted by atomic mass is 10.0. The van der Waals surface area contributed by atoms with E-state index in [1.54, 1.807) is 6.07 Å². The van der Waals surface area contributed by atoms with Crippen LogP contribution < -0.4 is 10.9 Å². The second-order valence-electron chi connectivity index (χ2n) is 5.47. The van der Waals surface area contributed by atoms with Crippen LogP contribution in [-0.4, -0.2) is 5.11 Å². The van der Waals surface area contributed by atoms with Crippen LogP contribution in [0, 0.1) is 13.8 Å². The average molecular weight is 335 g/mol. The van der Waals surface area contributed by atoms with Crippen molar-refractivity contribution >= 4 is 28.9 Å². The fourth-order valence-electron chi connectivity index (χ4n) is 2.65. The Labute approximate surface area is 139 Å². The van der Waals surface area contributed by atoms with Gasteiger partial charge in [-0.15, -0.1) is 0 Å². The van der Waals surface area contributed by atoms with Crippen molar-refractivity contribution in [1.29, 1.82) is 0 Å². The molecule has 0 unspecified atom stereocenters. The summed E-state index contributed by atoms with van der Waals surface area (Å²) in [5, 5.41) is 11.5. The second-order valence-corrected chi connectivity index (χ2v) is 6.31. The number of phenols is 1. The molecule has 3 nitrogen and oxygen atoms in total. The van der Waals surface area contributed by atoms with Crippen molar-refractivity contribution in [3.63, 3.8) is 0 Å². The first-order valence-electron chi connectivity index (χ1n) is 6.94. The highest BCUT2D eigenvalue weighted by molar-refractivity contribution is 6.35. The molecule has 1 aliphatic heterocycles. The lowest BCUT2D eigenvalue weighted by Gasteiger charge is -2.12. The third kappa shape index (κ3) is 2.80. The Morgan fingerprint density at radius 1 is 1.09 bits per heavy atom. The van der Waals surface area contributed by atoms with E-state index in [1.807, 2.05) is 44.2 Å². The van der Waals surface area contributed by atoms with E-state index in [1.165, 1.54) is 0 Å². The van der Waals surface area contributed by atoms with E-state index in [0.29, 0.717) is 10.0 Å². The molecule has 3 rings (SSSR count). The molecule has 0 saturated carbocycles. The molecule has 1 atom stereocenters. The van der Waals surface area contributed by atoms with Gasteiger partial charge >= 0.3 is 0 Å². The van der Waals surface area contributed by atoms with Crippen molar-refractivity contribution in [2.45, 2.75) is 19.9 Å². The van der Waals surface area contributed by atoms with E-state index in [4.69, 9.17) is 23.2 Å². The van der Waals surface area contributed by atoms with Gasteiger partial charge in [-0.25, -0.2) is 5.43 Å². The van der Waals surface area contributed by atoms with Crippen molar-refractivity contribution in [2.24, 2.45) is 0 Å². The summed E-state index contributed by atoms with van der Waals surface area (Å²) >= 11 is 12.2. The molecule has 0 aromatic heterocycles. The molecule has 0 spiro atoms. The smallest absolute Gasteiger partial charge is 0.127 e. The van der Waals surface area contributed by atoms with Gasteiger partial charge in [0.25, 0.3) is 0 Å². The highest BCUT2D eigenvalue weighted by atomic mass is 35.5. The summed E-state index contributed by atoms with van der Waals surface area (Å²) in [6.45, 7) is 3.90. The number of halogens is 2. The van der Waals surface area contributed by atoms with Gasteiger partial charge in [0, 0.05) is 15.6 Å². The van der Waals surface area contributed by atoms with Gasteiger partial charge in [0.05, 0.1) is 11.7 Å². The third-order valence-electron chi connectivity index (χ3n) is 3.73. The normalized spacial score (nSPS) is 17.3. The number of hydrogen-bond acceptors (Lipinski definition) is 3. The Hall–Kier alpha value is -1.68. The Bertz CT molecular complexity index is 771. The van der Waals surface area contributed by atoms with Crippen LogP contribution >= 0.6 is 23.2 Å². The molecule has 1 heterocycles. The summed E-state index contributed by atoms with van der Waals surface area (Å²) in [6.07, 6.45) is 2.00. The fourth-order valence-corrected chi connectivity index (χ4v) is 3.18. The van der Waals surface area contributed by atoms with Crippen molar-refractivity contribution in [3.05, 3.63) is 68.7 Å². The van der Waals surface area contributed by atoms with Gasteiger partial charge in [0.2, 0.25) is 0 Å². The number of hydrogen-bond donors (Lipinski definition) is 3. The molecule has 0 bridgehead atoms. The molecule has 0 radical (unpaired) electrons. The van der Waals surface area contributed by atoms with Crippen LogP contribution in [0.1, 0.15) is 28.3 Å². The van der Waals surface area contributed by atoms with Crippen LogP contribution in [0.2, 0.25) is 10.0 Å². The summed E-state index contributed by atoms with van der Waals surface area (Å²) in [4.78, 5) is 0. The first-order valence-corrected chi connectivity index (χ1v) is 7.70. The summed E-state index contributed by atoms with van der Waals surface area (Å²) < 4.78 is 0. The lowest BCUT2D eigenvalue weighted by Crippen LogP contribution is -2.26. The van der Waals surface area contributed by atoms with Gasteiger partial charge < -0.3 is 10.5 Å². The molecule has 0 saturated heterocycles. The van der Waals surface area contributed by atoms with Crippen LogP contribution in [0.25, 0.3) is 5.70 Å². The SMILES string of the molecule is Cc1cc(C)c(O)c(C2=C[C@@H](c3ccc(Cl)cc3Cl)NN2)c1. The number of benzene rings is 2. The highest BCUT2D eigenvalue weighted by Crippen LogP contribution is 2.34. The minimum Gasteiger partial charge on any atom is -0.507 e. The minimum atomic E-state index is -0.0833. The third-order valence-corrected chi connectivity index (χ3v) is 4.29. The highest BCUT2D eigenvalue weighted by Gasteiger charge is 2.22. The summed E-state index contributed by atoms with van der Waals surface area (Å²) in [7, 11) is 0. The Balaban J connectivity index is 1.98. The van der Waals surface area contributed by atoms with E-state index >= 15 is 0 Å². The van der Waals surface area contributed by atoms with Gasteiger partial charge in [-0.2, -0.15) is 0 Å². The molecule has 3 N–H and O–H groups in total. The number of nitrogens with one attached hydrogen (secondary N) is 2. The van der Waals surface area contributed by atoms with E-state index in [-0.39, 0.29) is 11.8 Å². The first-order chi connectivity index (χ1) is 10.5. The van der Waals surface area contributed by atoms with Crippen LogP contribution in [0.4, 0.5) is 0 Å². The molecule has 0 amide bonds. The Kier molecular flexibility index (Phi) is 4.04. The van der Waals surface area contributed by atoms with Crippen molar-refractivity contribution in [1.82, 2.24) is 10.9 Å². The zero-order valence-corrected chi connectivity index (χ0v) is 13.8. The molecule has 2 aromatic carbocycles. The van der Waals surface area contributed by atoms with Crippen LogP contribution in [0.5, 0.6) is 5.75 Å². The minimum absolute atomic E-state index is 0.0833. The fraction of sp³-hybridized carbons (Fsp3) is 0.176. The summed E-state index contributed by atoms with van der Waals surface area (Å²) in [6, 6.07) is 9.25. The van der Waals surface area contributed by atoms with Crippen molar-refractivity contribution in [2.75, 3.05) is 0 Å². The number of phenolic OH excluding ortho intramolecular Hbond substituents is 1. The molecular weight excluding hydrogens is 319 g/mol. The van der Waals surface area contributed by atoms with Crippen molar-refractivity contribution < 1.29 is 5.11 Å². The van der Waals surface area contributed by atoms with Crippen LogP contribution in [-0.2, 0) is 0 Å². The molecule has 2 aromatic rings. The van der Waals surface area contributed by atoms with E-state index < -0.39 is 0 Å². The molecular formula is C17H16Cl2N2O. The maximum atomic E-state index is 10.3. The van der Waals surface area contributed by atoms with Crippen molar-refractivity contribution in [3.8, 4) is 5.75 Å². The number of aromatic hydroxyl groups is 1. The molecule has 0 aliphatic carbocycles. The summed E-state index contributed by atoms with van der Waals surface area (Å²) in [5.41, 5.74) is 10.8. The largest absolute Gasteiger partial charge is 0.507 e. The molecule has 114 valence electrons. The van der Waals surface area contributed by atoms with Crippen LogP contribution in [0.15, 0.2) is 36.4 Å². The standard InChI is InChI=1S/C17H16Cl2N2O/c1-9-5-10(2)17(22)13(6-9)16-8-15(20-21-16)12-4-3-11(18)7-14(12)19/h3-8,15,20-22H,1-2H3/t15-/m0/s1. The van der Waals surface area contributed by atoms with E-state index in [9.17, 15) is 5.11 Å². The Morgan fingerprint density at radius 3 is 2.59 bits per heavy atom. The van der Waals surface area contributed by atoms with Gasteiger partial charge in [-0.3, -0.25) is 0 Å². The number of rotatable bonds is 2. The van der Waals surface area contributed by atoms with Gasteiger partial charge in [-0.05, 0) is 54.8 Å². The summed E-state index contributed by atoms with van der Waals surface area (Å²) in [5.74, 6) is 0.286. The Morgan fingerprint density at radius 2 is 1.86 bits per heavy atom. The van der Waals surface area contributed by atoms with Gasteiger partial charge in [-0.1, -0.05) is 35.3 Å². The maximum Gasteiger partial charge on any atom is 0.127 e. The maximum absolute atomic E-state index is 10.3. The number of hydrazine groups is 1. The molecule has 22 heavy (non-hydrogen) atoms. The number of aryl methyl sites for hydroxylation is 2. The van der Waals surface area contributed by atoms with E-state index in [2.05, 4.69) is 10.9 Å². The zero-order chi connectivity index (χ0) is 15.9. The van der Waals surface area contributed by atoms with Crippen LogP contribution in [0.3, 0.4) is 0 Å². The molecule has 0 fully saturated rings. The molecule has 1 aliphatic rings.